The molecule has 3 aromatic rings. The zero-order chi connectivity index (χ0) is 14.3. The van der Waals surface area contributed by atoms with Gasteiger partial charge in [-0.15, -0.1) is 0 Å². The van der Waals surface area contributed by atoms with Crippen LogP contribution in [0.15, 0.2) is 46.9 Å². The SMILES string of the molecule is O=C(c1cc2cccc(F)c2o1)c1ccc(Cl)cc1Cl. The van der Waals surface area contributed by atoms with Crippen LogP contribution in [-0.2, 0) is 0 Å². The Bertz CT molecular complexity index is 824. The van der Waals surface area contributed by atoms with E-state index in [1.807, 2.05) is 0 Å². The van der Waals surface area contributed by atoms with E-state index in [0.717, 1.165) is 0 Å². The molecule has 0 N–H and O–H groups in total. The van der Waals surface area contributed by atoms with Crippen LogP contribution in [0.3, 0.4) is 0 Å². The zero-order valence-corrected chi connectivity index (χ0v) is 11.5. The van der Waals surface area contributed by atoms with Gasteiger partial charge in [-0.05, 0) is 30.3 Å². The fourth-order valence-electron chi connectivity index (χ4n) is 1.95. The molecule has 3 rings (SSSR count). The second-order valence-corrected chi connectivity index (χ2v) is 5.07. The molecule has 100 valence electrons. The highest BCUT2D eigenvalue weighted by atomic mass is 35.5. The Labute approximate surface area is 123 Å². The summed E-state index contributed by atoms with van der Waals surface area (Å²) in [5.41, 5.74) is 0.316. The number of fused-ring (bicyclic) bond motifs is 1. The van der Waals surface area contributed by atoms with E-state index in [0.29, 0.717) is 10.4 Å². The first kappa shape index (κ1) is 13.2. The van der Waals surface area contributed by atoms with Gasteiger partial charge in [0.25, 0.3) is 0 Å². The summed E-state index contributed by atoms with van der Waals surface area (Å²) in [6.07, 6.45) is 0. The predicted molar refractivity (Wildman–Crippen MR) is 76.1 cm³/mol. The van der Waals surface area contributed by atoms with Crippen molar-refractivity contribution in [3.05, 3.63) is 69.7 Å². The number of hydrogen-bond donors (Lipinski definition) is 0. The van der Waals surface area contributed by atoms with Gasteiger partial charge >= 0.3 is 0 Å². The van der Waals surface area contributed by atoms with E-state index in [-0.39, 0.29) is 21.9 Å². The molecule has 0 saturated carbocycles. The van der Waals surface area contributed by atoms with E-state index in [1.165, 1.54) is 24.3 Å². The second-order valence-electron chi connectivity index (χ2n) is 4.22. The van der Waals surface area contributed by atoms with E-state index < -0.39 is 11.6 Å². The van der Waals surface area contributed by atoms with Crippen LogP contribution < -0.4 is 0 Å². The van der Waals surface area contributed by atoms with Gasteiger partial charge in [-0.1, -0.05) is 35.3 Å². The van der Waals surface area contributed by atoms with Crippen LogP contribution >= 0.6 is 23.2 Å². The number of benzene rings is 2. The first-order chi connectivity index (χ1) is 9.56. The summed E-state index contributed by atoms with van der Waals surface area (Å²) in [6.45, 7) is 0. The Kier molecular flexibility index (Phi) is 3.24. The molecular weight excluding hydrogens is 302 g/mol. The van der Waals surface area contributed by atoms with Crippen LogP contribution in [0.1, 0.15) is 16.1 Å². The van der Waals surface area contributed by atoms with Crippen LogP contribution in [0.4, 0.5) is 4.39 Å². The van der Waals surface area contributed by atoms with Gasteiger partial charge in [0, 0.05) is 16.0 Å². The van der Waals surface area contributed by atoms with Crippen molar-refractivity contribution in [3.63, 3.8) is 0 Å². The molecule has 0 aliphatic heterocycles. The van der Waals surface area contributed by atoms with Gasteiger partial charge in [0.15, 0.2) is 17.2 Å². The monoisotopic (exact) mass is 308 g/mol. The largest absolute Gasteiger partial charge is 0.449 e. The summed E-state index contributed by atoms with van der Waals surface area (Å²) in [5, 5.41) is 1.18. The summed E-state index contributed by atoms with van der Waals surface area (Å²) in [5.74, 6) is -0.889. The smallest absolute Gasteiger partial charge is 0.229 e. The molecule has 5 heteroatoms. The lowest BCUT2D eigenvalue weighted by Crippen LogP contribution is -2.00. The van der Waals surface area contributed by atoms with Gasteiger partial charge in [-0.3, -0.25) is 4.79 Å². The molecule has 0 radical (unpaired) electrons. The van der Waals surface area contributed by atoms with E-state index in [4.69, 9.17) is 27.6 Å². The normalized spacial score (nSPS) is 10.9. The van der Waals surface area contributed by atoms with Crippen molar-refractivity contribution >= 4 is 40.0 Å². The van der Waals surface area contributed by atoms with Gasteiger partial charge in [0.1, 0.15) is 0 Å². The molecule has 0 aliphatic carbocycles. The molecule has 0 atom stereocenters. The molecule has 0 fully saturated rings. The minimum Gasteiger partial charge on any atom is -0.449 e. The third-order valence-corrected chi connectivity index (χ3v) is 3.44. The standard InChI is InChI=1S/C15H7Cl2FO2/c16-9-4-5-10(11(17)7-9)14(19)13-6-8-2-1-3-12(18)15(8)20-13/h1-7H. The molecule has 1 heterocycles. The molecule has 0 spiro atoms. The van der Waals surface area contributed by atoms with Crippen LogP contribution in [0.5, 0.6) is 0 Å². The number of hydrogen-bond acceptors (Lipinski definition) is 2. The molecule has 2 nitrogen and oxygen atoms in total. The summed E-state index contributed by atoms with van der Waals surface area (Å²) >= 11 is 11.8. The lowest BCUT2D eigenvalue weighted by molar-refractivity contribution is 0.101. The Morgan fingerprint density at radius 3 is 2.60 bits per heavy atom. The van der Waals surface area contributed by atoms with Crippen LogP contribution in [0, 0.1) is 5.82 Å². The van der Waals surface area contributed by atoms with Crippen molar-refractivity contribution in [3.8, 4) is 0 Å². The number of furan rings is 1. The summed E-state index contributed by atoms with van der Waals surface area (Å²) in [4.78, 5) is 12.3. The van der Waals surface area contributed by atoms with Crippen molar-refractivity contribution in [2.24, 2.45) is 0 Å². The van der Waals surface area contributed by atoms with Crippen molar-refractivity contribution in [1.82, 2.24) is 0 Å². The maximum Gasteiger partial charge on any atom is 0.229 e. The molecular formula is C15H7Cl2FO2. The van der Waals surface area contributed by atoms with Crippen molar-refractivity contribution < 1.29 is 13.6 Å². The lowest BCUT2D eigenvalue weighted by atomic mass is 10.1. The number of rotatable bonds is 2. The summed E-state index contributed by atoms with van der Waals surface area (Å²) in [6, 6.07) is 10.5. The highest BCUT2D eigenvalue weighted by Gasteiger charge is 2.18. The number of carbonyl (C=O) groups excluding carboxylic acids is 1. The van der Waals surface area contributed by atoms with Crippen LogP contribution in [0.2, 0.25) is 10.0 Å². The topological polar surface area (TPSA) is 30.2 Å². The average Bonchev–Trinajstić information content (AvgIpc) is 2.83. The lowest BCUT2D eigenvalue weighted by Gasteiger charge is -2.01. The minimum absolute atomic E-state index is 0.0364. The summed E-state index contributed by atoms with van der Waals surface area (Å²) in [7, 11) is 0. The number of para-hydroxylation sites is 1. The number of ketones is 1. The van der Waals surface area contributed by atoms with E-state index in [2.05, 4.69) is 0 Å². The first-order valence-electron chi connectivity index (χ1n) is 5.74. The second kappa shape index (κ2) is 4.93. The van der Waals surface area contributed by atoms with Crippen LogP contribution in [-0.4, -0.2) is 5.78 Å². The minimum atomic E-state index is -0.510. The molecule has 2 aromatic carbocycles. The van der Waals surface area contributed by atoms with Gasteiger partial charge in [-0.25, -0.2) is 4.39 Å². The van der Waals surface area contributed by atoms with Crippen molar-refractivity contribution in [1.29, 1.82) is 0 Å². The van der Waals surface area contributed by atoms with Crippen LogP contribution in [0.25, 0.3) is 11.0 Å². The Morgan fingerprint density at radius 1 is 1.10 bits per heavy atom. The Morgan fingerprint density at radius 2 is 1.90 bits per heavy atom. The number of halogens is 3. The fraction of sp³-hybridized carbons (Fsp3) is 0. The van der Waals surface area contributed by atoms with E-state index in [9.17, 15) is 9.18 Å². The van der Waals surface area contributed by atoms with Gasteiger partial charge < -0.3 is 4.42 Å². The average molecular weight is 309 g/mol. The van der Waals surface area contributed by atoms with Gasteiger partial charge in [-0.2, -0.15) is 0 Å². The van der Waals surface area contributed by atoms with Gasteiger partial charge in [0.05, 0.1) is 5.02 Å². The summed E-state index contributed by atoms with van der Waals surface area (Å²) < 4.78 is 18.8. The fourth-order valence-corrected chi connectivity index (χ4v) is 2.44. The third-order valence-electron chi connectivity index (χ3n) is 2.90. The first-order valence-corrected chi connectivity index (χ1v) is 6.49. The van der Waals surface area contributed by atoms with Crippen molar-refractivity contribution in [2.45, 2.75) is 0 Å². The van der Waals surface area contributed by atoms with E-state index in [1.54, 1.807) is 18.2 Å². The highest BCUT2D eigenvalue weighted by Crippen LogP contribution is 2.27. The Balaban J connectivity index is 2.10. The number of carbonyl (C=O) groups is 1. The van der Waals surface area contributed by atoms with E-state index >= 15 is 0 Å². The molecule has 20 heavy (non-hydrogen) atoms. The van der Waals surface area contributed by atoms with Crippen molar-refractivity contribution in [2.75, 3.05) is 0 Å². The quantitative estimate of drug-likeness (QED) is 0.616. The highest BCUT2D eigenvalue weighted by molar-refractivity contribution is 6.37. The zero-order valence-electron chi connectivity index (χ0n) is 9.99. The van der Waals surface area contributed by atoms with Gasteiger partial charge in [0.2, 0.25) is 5.78 Å². The Hall–Kier alpha value is -1.84. The molecule has 1 aromatic heterocycles. The molecule has 0 bridgehead atoms. The predicted octanol–water partition coefficient (Wildman–Crippen LogP) is 5.11. The molecule has 0 aliphatic rings. The molecule has 0 saturated heterocycles. The maximum absolute atomic E-state index is 13.5. The molecule has 0 amide bonds. The molecule has 0 unspecified atom stereocenters. The maximum atomic E-state index is 13.5. The third kappa shape index (κ3) is 2.19.